The van der Waals surface area contributed by atoms with Crippen LogP contribution in [-0.4, -0.2) is 55.9 Å². The lowest BCUT2D eigenvalue weighted by atomic mass is 10.5. The van der Waals surface area contributed by atoms with Crippen molar-refractivity contribution in [2.24, 2.45) is 0 Å². The van der Waals surface area contributed by atoms with Crippen LogP contribution < -0.4 is 0 Å². The monoisotopic (exact) mass is 469 g/mol. The minimum atomic E-state index is -6.69. The van der Waals surface area contributed by atoms with Gasteiger partial charge in [-0.2, -0.15) is 35.1 Å². The lowest BCUT2D eigenvalue weighted by Gasteiger charge is -2.31. The van der Waals surface area contributed by atoms with E-state index in [1.807, 2.05) is 0 Å². The number of halogens is 10. The van der Waals surface area contributed by atoms with Crippen LogP contribution in [0.15, 0.2) is 12.7 Å². The normalized spacial score (nSPS) is 13.7. The van der Waals surface area contributed by atoms with Crippen molar-refractivity contribution in [3.63, 3.8) is 0 Å². The third-order valence-corrected chi connectivity index (χ3v) is 2.30. The largest absolute Gasteiger partial charge is 0.495 e. The van der Waals surface area contributed by atoms with Crippen molar-refractivity contribution in [3.05, 3.63) is 19.1 Å². The van der Waals surface area contributed by atoms with Crippen LogP contribution in [0.4, 0.5) is 43.9 Å². The topological polar surface area (TPSA) is 80.3 Å². The minimum Gasteiger partial charge on any atom is -0.456 e. The molecule has 0 saturated carbocycles. The van der Waals surface area contributed by atoms with Crippen LogP contribution in [0.2, 0.25) is 0 Å². The van der Waals surface area contributed by atoms with Crippen molar-refractivity contribution in [1.29, 1.82) is 0 Å². The molecule has 0 aliphatic carbocycles. The molecule has 0 rings (SSSR count). The summed E-state index contributed by atoms with van der Waals surface area (Å²) in [6, 6.07) is 0. The molecule has 0 aliphatic heterocycles. The van der Waals surface area contributed by atoms with E-state index in [0.717, 1.165) is 6.92 Å². The maximum Gasteiger partial charge on any atom is 0.495 e. The Balaban J connectivity index is 5.19. The van der Waals surface area contributed by atoms with E-state index in [4.69, 9.17) is 0 Å². The highest BCUT2D eigenvalue weighted by molar-refractivity contribution is 5.81. The summed E-state index contributed by atoms with van der Waals surface area (Å²) in [5.74, 6) is -3.10. The Morgan fingerprint density at radius 2 is 1.13 bits per heavy atom. The number of hydrogen-bond donors (Lipinski definition) is 0. The van der Waals surface area contributed by atoms with Gasteiger partial charge in [-0.3, -0.25) is 4.79 Å². The van der Waals surface area contributed by atoms with E-state index in [1.54, 1.807) is 0 Å². The molecule has 0 aromatic carbocycles. The van der Waals surface area contributed by atoms with E-state index in [1.165, 1.54) is 0 Å². The second-order valence-electron chi connectivity index (χ2n) is 4.79. The van der Waals surface area contributed by atoms with Gasteiger partial charge in [0.15, 0.2) is 13.2 Å². The van der Waals surface area contributed by atoms with E-state index < -0.39 is 55.9 Å². The molecule has 0 amide bonds. The Kier molecular flexibility index (Phi) is 9.08. The standard InChI is InChI=1S/C13H11F10O7/c1-3-7(24)26-5-9(14,15)28-11(18,19)12(20,21)30-13(22,23)29-10(16,17)6-27-8(25)4-2/h3-4H,1,5-6H2,2H3. The predicted octanol–water partition coefficient (Wildman–Crippen LogP) is 3.45. The molecule has 0 atom stereocenters. The fourth-order valence-electron chi connectivity index (χ4n) is 1.16. The quantitative estimate of drug-likeness (QED) is 0.177. The Morgan fingerprint density at radius 3 is 1.57 bits per heavy atom. The number of esters is 2. The fourth-order valence-corrected chi connectivity index (χ4v) is 1.16. The van der Waals surface area contributed by atoms with Crippen molar-refractivity contribution in [2.45, 2.75) is 37.7 Å². The fraction of sp³-hybridized carbons (Fsp3) is 0.615. The van der Waals surface area contributed by atoms with E-state index in [0.29, 0.717) is 6.42 Å². The molecule has 0 saturated heterocycles. The summed E-state index contributed by atoms with van der Waals surface area (Å²) in [6.07, 6.45) is -29.3. The van der Waals surface area contributed by atoms with E-state index in [2.05, 4.69) is 30.3 Å². The summed E-state index contributed by atoms with van der Waals surface area (Å²) in [4.78, 5) is 21.1. The Hall–Kier alpha value is -2.14. The summed E-state index contributed by atoms with van der Waals surface area (Å²) < 4.78 is 145. The minimum absolute atomic E-state index is 0.278. The van der Waals surface area contributed by atoms with Gasteiger partial charge in [0.2, 0.25) is 0 Å². The van der Waals surface area contributed by atoms with Crippen molar-refractivity contribution in [1.82, 2.24) is 0 Å². The Bertz CT molecular complexity index is 623. The van der Waals surface area contributed by atoms with Gasteiger partial charge in [0.25, 0.3) is 0 Å². The molecule has 0 spiro atoms. The highest BCUT2D eigenvalue weighted by Crippen LogP contribution is 2.44. The lowest BCUT2D eigenvalue weighted by molar-refractivity contribution is -0.566. The van der Waals surface area contributed by atoms with Crippen LogP contribution >= 0.6 is 0 Å². The summed E-state index contributed by atoms with van der Waals surface area (Å²) in [5, 5.41) is 0. The van der Waals surface area contributed by atoms with Crippen LogP contribution in [-0.2, 0) is 33.3 Å². The maximum absolute atomic E-state index is 13.2. The molecule has 0 bridgehead atoms. The van der Waals surface area contributed by atoms with Gasteiger partial charge >= 0.3 is 42.7 Å². The van der Waals surface area contributed by atoms with Gasteiger partial charge in [-0.25, -0.2) is 19.0 Å². The Labute approximate surface area is 160 Å². The number of alkyl halides is 10. The first-order chi connectivity index (χ1) is 13.3. The lowest BCUT2D eigenvalue weighted by Crippen LogP contribution is -2.54. The highest BCUT2D eigenvalue weighted by Gasteiger charge is 2.69. The maximum atomic E-state index is 13.2. The number of hydrogen-bond acceptors (Lipinski definition) is 7. The summed E-state index contributed by atoms with van der Waals surface area (Å²) in [5.41, 5.74) is 0. The van der Waals surface area contributed by atoms with Crippen LogP contribution in [0.3, 0.4) is 0 Å². The van der Waals surface area contributed by atoms with Gasteiger partial charge in [0.05, 0.1) is 6.42 Å². The molecule has 0 fully saturated rings. The summed E-state index contributed by atoms with van der Waals surface area (Å²) in [7, 11) is 0. The zero-order valence-corrected chi connectivity index (χ0v) is 14.4. The highest BCUT2D eigenvalue weighted by atomic mass is 19.3. The van der Waals surface area contributed by atoms with Gasteiger partial charge in [0.1, 0.15) is 0 Å². The molecule has 1 radical (unpaired) electrons. The number of ether oxygens (including phenoxy) is 5. The first-order valence-corrected chi connectivity index (χ1v) is 7.03. The van der Waals surface area contributed by atoms with E-state index in [-0.39, 0.29) is 6.08 Å². The third-order valence-electron chi connectivity index (χ3n) is 2.30. The average Bonchev–Trinajstić information content (AvgIpc) is 2.54. The second-order valence-corrected chi connectivity index (χ2v) is 4.79. The van der Waals surface area contributed by atoms with Gasteiger partial charge in [-0.05, 0) is 0 Å². The average molecular weight is 469 g/mol. The summed E-state index contributed by atoms with van der Waals surface area (Å²) in [6.45, 7) is -0.940. The zero-order valence-electron chi connectivity index (χ0n) is 14.4. The first-order valence-electron chi connectivity index (χ1n) is 7.03. The van der Waals surface area contributed by atoms with Crippen molar-refractivity contribution in [2.75, 3.05) is 13.2 Å². The summed E-state index contributed by atoms with van der Waals surface area (Å²) >= 11 is 0. The van der Waals surface area contributed by atoms with E-state index in [9.17, 15) is 53.5 Å². The number of carbonyl (C=O) groups is 2. The SMILES string of the molecule is C=CC(=O)OCC(F)(F)OC(F)(F)C(F)(F)OC(F)(F)OC(F)(F)COC(=O)[CH]C. The van der Waals surface area contributed by atoms with Gasteiger partial charge in [0, 0.05) is 6.08 Å². The van der Waals surface area contributed by atoms with Crippen LogP contribution in [0, 0.1) is 6.42 Å². The Morgan fingerprint density at radius 1 is 0.733 bits per heavy atom. The number of rotatable bonds is 13. The van der Waals surface area contributed by atoms with Crippen molar-refractivity contribution < 1.29 is 77.2 Å². The molecule has 0 aromatic heterocycles. The zero-order chi connectivity index (χ0) is 24.0. The van der Waals surface area contributed by atoms with E-state index >= 15 is 0 Å². The molecule has 0 aromatic rings. The third kappa shape index (κ3) is 9.57. The molecule has 0 heterocycles. The molecular formula is C13H11F10O7. The second kappa shape index (κ2) is 9.78. The molecule has 7 nitrogen and oxygen atoms in total. The van der Waals surface area contributed by atoms with Crippen molar-refractivity contribution in [3.8, 4) is 0 Å². The smallest absolute Gasteiger partial charge is 0.456 e. The first kappa shape index (κ1) is 27.9. The van der Waals surface area contributed by atoms with Gasteiger partial charge in [-0.15, -0.1) is 8.78 Å². The molecule has 0 unspecified atom stereocenters. The molecule has 0 N–H and O–H groups in total. The van der Waals surface area contributed by atoms with Crippen LogP contribution in [0.25, 0.3) is 0 Å². The molecule has 0 aliphatic rings. The predicted molar refractivity (Wildman–Crippen MR) is 70.1 cm³/mol. The molecule has 17 heteroatoms. The molecule has 30 heavy (non-hydrogen) atoms. The van der Waals surface area contributed by atoms with Crippen molar-refractivity contribution >= 4 is 11.9 Å². The molecular weight excluding hydrogens is 458 g/mol. The van der Waals surface area contributed by atoms with Crippen LogP contribution in [0.5, 0.6) is 0 Å². The molecule has 175 valence electrons. The van der Waals surface area contributed by atoms with Gasteiger partial charge in [-0.1, -0.05) is 13.5 Å². The van der Waals surface area contributed by atoms with Gasteiger partial charge < -0.3 is 9.47 Å². The van der Waals surface area contributed by atoms with Crippen LogP contribution in [0.1, 0.15) is 6.92 Å². The number of carbonyl (C=O) groups excluding carboxylic acids is 2.